The minimum absolute atomic E-state index is 0.0434. The Kier molecular flexibility index (Phi) is 2.84. The van der Waals surface area contributed by atoms with E-state index in [2.05, 4.69) is 0 Å². The second kappa shape index (κ2) is 3.61. The van der Waals surface area contributed by atoms with Crippen molar-refractivity contribution in [3.05, 3.63) is 0 Å². The number of nitrogens with zero attached hydrogens (tertiary/aromatic N) is 1. The summed E-state index contributed by atoms with van der Waals surface area (Å²) in [5, 5.41) is 8.50. The average Bonchev–Trinajstić information content (AvgIpc) is 2.45. The molecule has 1 saturated heterocycles. The molecule has 1 fully saturated rings. The highest BCUT2D eigenvalue weighted by atomic mass is 32.2. The van der Waals surface area contributed by atoms with Gasteiger partial charge in [0.15, 0.2) is 0 Å². The summed E-state index contributed by atoms with van der Waals surface area (Å²) in [4.78, 5) is 34.4. The highest BCUT2D eigenvalue weighted by molar-refractivity contribution is 8.14. The number of hydrogen-bond donors (Lipinski definition) is 1. The van der Waals surface area contributed by atoms with Gasteiger partial charge in [0, 0.05) is 0 Å². The lowest BCUT2D eigenvalue weighted by molar-refractivity contribution is -0.153. The summed E-state index contributed by atoms with van der Waals surface area (Å²) in [6, 6.07) is 0. The number of amides is 2. The van der Waals surface area contributed by atoms with Crippen molar-refractivity contribution in [1.29, 1.82) is 0 Å². The van der Waals surface area contributed by atoms with Gasteiger partial charge in [-0.25, -0.2) is 4.79 Å². The van der Waals surface area contributed by atoms with Crippen molar-refractivity contribution in [2.75, 3.05) is 5.75 Å². The molecule has 1 heterocycles. The molecule has 14 heavy (non-hydrogen) atoms. The fourth-order valence-corrected chi connectivity index (χ4v) is 2.04. The first-order chi connectivity index (χ1) is 6.43. The average molecular weight is 217 g/mol. The summed E-state index contributed by atoms with van der Waals surface area (Å²) >= 11 is 0.847. The van der Waals surface area contributed by atoms with Crippen LogP contribution in [0.5, 0.6) is 0 Å². The number of hydrogen-bond acceptors (Lipinski definition) is 4. The fourth-order valence-electron chi connectivity index (χ4n) is 1.24. The third-order valence-corrected chi connectivity index (χ3v) is 3.21. The number of aliphatic carboxylic acids is 1. The van der Waals surface area contributed by atoms with Gasteiger partial charge in [0.1, 0.15) is 5.54 Å². The van der Waals surface area contributed by atoms with Gasteiger partial charge >= 0.3 is 5.97 Å². The number of thioether (sulfide) groups is 1. The third kappa shape index (κ3) is 1.50. The van der Waals surface area contributed by atoms with Crippen LogP contribution in [0.3, 0.4) is 0 Å². The Morgan fingerprint density at radius 1 is 1.64 bits per heavy atom. The second-order valence-corrected chi connectivity index (χ2v) is 4.14. The summed E-state index contributed by atoms with van der Waals surface area (Å²) in [6.45, 7) is 3.02. The van der Waals surface area contributed by atoms with E-state index in [1.807, 2.05) is 0 Å². The molecular formula is C8H11NO4S. The van der Waals surface area contributed by atoms with Crippen LogP contribution in [0.1, 0.15) is 20.3 Å². The number of carbonyl (C=O) groups excluding carboxylic acids is 2. The van der Waals surface area contributed by atoms with Crippen molar-refractivity contribution < 1.29 is 19.5 Å². The molecule has 0 aromatic rings. The van der Waals surface area contributed by atoms with Gasteiger partial charge < -0.3 is 5.11 Å². The topological polar surface area (TPSA) is 74.7 Å². The van der Waals surface area contributed by atoms with Crippen molar-refractivity contribution in [2.24, 2.45) is 0 Å². The van der Waals surface area contributed by atoms with E-state index in [-0.39, 0.29) is 12.2 Å². The summed E-state index contributed by atoms with van der Waals surface area (Å²) in [6.07, 6.45) is 0.209. The lowest BCUT2D eigenvalue weighted by Crippen LogP contribution is -2.54. The van der Waals surface area contributed by atoms with Gasteiger partial charge in [0.2, 0.25) is 5.91 Å². The van der Waals surface area contributed by atoms with E-state index in [1.165, 1.54) is 6.92 Å². The Morgan fingerprint density at radius 3 is 2.50 bits per heavy atom. The monoisotopic (exact) mass is 217 g/mol. The van der Waals surface area contributed by atoms with Crippen LogP contribution < -0.4 is 0 Å². The highest BCUT2D eigenvalue weighted by Gasteiger charge is 2.47. The zero-order valence-electron chi connectivity index (χ0n) is 7.94. The SMILES string of the molecule is CCC(C)(C(=O)O)N1C(=O)CSC1=O. The lowest BCUT2D eigenvalue weighted by Gasteiger charge is -2.31. The normalized spacial score (nSPS) is 21.1. The summed E-state index contributed by atoms with van der Waals surface area (Å²) in [5.41, 5.74) is -1.41. The molecule has 0 radical (unpaired) electrons. The van der Waals surface area contributed by atoms with Gasteiger partial charge in [0.05, 0.1) is 5.75 Å². The number of carboxylic acids is 1. The van der Waals surface area contributed by atoms with E-state index in [0.29, 0.717) is 0 Å². The largest absolute Gasteiger partial charge is 0.479 e. The Morgan fingerprint density at radius 2 is 2.21 bits per heavy atom. The van der Waals surface area contributed by atoms with Crippen LogP contribution in [-0.2, 0) is 9.59 Å². The Bertz CT molecular complexity index is 288. The molecule has 1 aliphatic rings. The molecule has 0 saturated carbocycles. The molecule has 1 N–H and O–H groups in total. The van der Waals surface area contributed by atoms with Crippen LogP contribution in [0.15, 0.2) is 0 Å². The van der Waals surface area contributed by atoms with Crippen LogP contribution in [0.4, 0.5) is 4.79 Å². The van der Waals surface area contributed by atoms with Crippen LogP contribution in [-0.4, -0.2) is 38.4 Å². The van der Waals surface area contributed by atoms with Crippen molar-refractivity contribution in [3.8, 4) is 0 Å². The van der Waals surface area contributed by atoms with E-state index in [0.717, 1.165) is 16.7 Å². The number of carbonyl (C=O) groups is 3. The minimum Gasteiger partial charge on any atom is -0.479 e. The van der Waals surface area contributed by atoms with Crippen molar-refractivity contribution >= 4 is 28.9 Å². The molecule has 0 aromatic carbocycles. The molecule has 0 spiro atoms. The van der Waals surface area contributed by atoms with E-state index in [4.69, 9.17) is 5.11 Å². The van der Waals surface area contributed by atoms with Crippen LogP contribution >= 0.6 is 11.8 Å². The molecule has 6 heteroatoms. The van der Waals surface area contributed by atoms with Gasteiger partial charge in [-0.05, 0) is 13.3 Å². The van der Waals surface area contributed by atoms with Gasteiger partial charge in [0.25, 0.3) is 5.24 Å². The predicted molar refractivity (Wildman–Crippen MR) is 51.0 cm³/mol. The molecule has 0 aliphatic carbocycles. The minimum atomic E-state index is -1.41. The molecule has 5 nitrogen and oxygen atoms in total. The standard InChI is InChI=1S/C8H11NO4S/c1-3-8(2,6(11)12)9-5(10)4-14-7(9)13/h3-4H2,1-2H3,(H,11,12). The molecule has 0 aromatic heterocycles. The molecule has 1 rings (SSSR count). The number of carboxylic acid groups (broad SMARTS) is 1. The Balaban J connectivity index is 3.05. The van der Waals surface area contributed by atoms with Crippen molar-refractivity contribution in [3.63, 3.8) is 0 Å². The Labute approximate surface area is 85.4 Å². The van der Waals surface area contributed by atoms with Gasteiger partial charge in [-0.3, -0.25) is 14.5 Å². The first-order valence-corrected chi connectivity index (χ1v) is 5.15. The Hall–Kier alpha value is -1.04. The summed E-state index contributed by atoms with van der Waals surface area (Å²) in [7, 11) is 0. The molecule has 1 atom stereocenters. The maximum absolute atomic E-state index is 11.3. The first-order valence-electron chi connectivity index (χ1n) is 4.16. The smallest absolute Gasteiger partial charge is 0.329 e. The van der Waals surface area contributed by atoms with Gasteiger partial charge in [-0.15, -0.1) is 0 Å². The zero-order valence-corrected chi connectivity index (χ0v) is 8.76. The second-order valence-electron chi connectivity index (χ2n) is 3.22. The molecule has 0 bridgehead atoms. The van der Waals surface area contributed by atoms with Crippen LogP contribution in [0.2, 0.25) is 0 Å². The van der Waals surface area contributed by atoms with Crippen LogP contribution in [0, 0.1) is 0 Å². The number of rotatable bonds is 3. The third-order valence-electron chi connectivity index (χ3n) is 2.39. The predicted octanol–water partition coefficient (Wildman–Crippen LogP) is 0.935. The first kappa shape index (κ1) is 11.0. The molecular weight excluding hydrogens is 206 g/mol. The summed E-state index contributed by atoms with van der Waals surface area (Å²) < 4.78 is 0. The van der Waals surface area contributed by atoms with E-state index in [9.17, 15) is 14.4 Å². The lowest BCUT2D eigenvalue weighted by atomic mass is 9.97. The quantitative estimate of drug-likeness (QED) is 0.761. The molecule has 2 amide bonds. The zero-order chi connectivity index (χ0) is 10.9. The highest BCUT2D eigenvalue weighted by Crippen LogP contribution is 2.29. The van der Waals surface area contributed by atoms with Crippen molar-refractivity contribution in [1.82, 2.24) is 4.90 Å². The number of imide groups is 1. The van der Waals surface area contributed by atoms with Crippen LogP contribution in [0.25, 0.3) is 0 Å². The van der Waals surface area contributed by atoms with E-state index >= 15 is 0 Å². The van der Waals surface area contributed by atoms with E-state index < -0.39 is 22.7 Å². The molecule has 1 aliphatic heterocycles. The maximum atomic E-state index is 11.3. The molecule has 1 unspecified atom stereocenters. The van der Waals surface area contributed by atoms with Crippen molar-refractivity contribution in [2.45, 2.75) is 25.8 Å². The molecule has 78 valence electrons. The van der Waals surface area contributed by atoms with Gasteiger partial charge in [-0.2, -0.15) is 0 Å². The van der Waals surface area contributed by atoms with Gasteiger partial charge in [-0.1, -0.05) is 18.7 Å². The summed E-state index contributed by atoms with van der Waals surface area (Å²) in [5.74, 6) is -1.53. The fraction of sp³-hybridized carbons (Fsp3) is 0.625. The van der Waals surface area contributed by atoms with E-state index in [1.54, 1.807) is 6.92 Å². The maximum Gasteiger partial charge on any atom is 0.329 e.